The molecule has 102 valence electrons. The van der Waals surface area contributed by atoms with Crippen molar-refractivity contribution in [3.8, 4) is 5.75 Å². The number of hydrogen-bond donors (Lipinski definition) is 1. The van der Waals surface area contributed by atoms with E-state index in [9.17, 15) is 0 Å². The Bertz CT molecular complexity index is 727. The molecule has 0 saturated carbocycles. The Morgan fingerprint density at radius 3 is 2.70 bits per heavy atom. The second-order valence-electron chi connectivity index (χ2n) is 4.76. The highest BCUT2D eigenvalue weighted by molar-refractivity contribution is 7.12. The third kappa shape index (κ3) is 2.55. The van der Waals surface area contributed by atoms with E-state index in [1.54, 1.807) is 11.3 Å². The van der Waals surface area contributed by atoms with Gasteiger partial charge in [-0.2, -0.15) is 0 Å². The number of ether oxygens (including phenoxy) is 1. The van der Waals surface area contributed by atoms with Crippen LogP contribution in [0.2, 0.25) is 0 Å². The molecule has 0 aliphatic rings. The molecule has 0 radical (unpaired) electrons. The lowest BCUT2D eigenvalue weighted by Gasteiger charge is -2.09. The van der Waals surface area contributed by atoms with Crippen LogP contribution in [0.5, 0.6) is 5.75 Å². The van der Waals surface area contributed by atoms with E-state index >= 15 is 0 Å². The van der Waals surface area contributed by atoms with Crippen LogP contribution in [-0.4, -0.2) is 0 Å². The predicted octanol–water partition coefficient (Wildman–Crippen LogP) is 4.25. The fourth-order valence-electron chi connectivity index (χ4n) is 2.31. The Kier molecular flexibility index (Phi) is 3.72. The van der Waals surface area contributed by atoms with E-state index in [0.717, 1.165) is 11.1 Å². The third-order valence-electron chi connectivity index (χ3n) is 3.41. The summed E-state index contributed by atoms with van der Waals surface area (Å²) in [6.07, 6.45) is 0. The molecule has 0 unspecified atom stereocenters. The van der Waals surface area contributed by atoms with Crippen LogP contribution >= 0.6 is 11.3 Å². The van der Waals surface area contributed by atoms with E-state index in [1.165, 1.54) is 20.7 Å². The lowest BCUT2D eigenvalue weighted by atomic mass is 10.1. The predicted molar refractivity (Wildman–Crippen MR) is 85.2 cm³/mol. The minimum Gasteiger partial charge on any atom is -0.488 e. The zero-order valence-corrected chi connectivity index (χ0v) is 12.2. The molecule has 3 rings (SSSR count). The van der Waals surface area contributed by atoms with Gasteiger partial charge < -0.3 is 10.5 Å². The summed E-state index contributed by atoms with van der Waals surface area (Å²) in [7, 11) is 0. The number of aryl methyl sites for hydroxylation is 1. The molecule has 3 aromatic rings. The van der Waals surface area contributed by atoms with Crippen molar-refractivity contribution < 1.29 is 4.74 Å². The van der Waals surface area contributed by atoms with Crippen LogP contribution in [0, 0.1) is 6.92 Å². The molecule has 2 aromatic carbocycles. The Morgan fingerprint density at radius 1 is 1.10 bits per heavy atom. The first-order valence-corrected chi connectivity index (χ1v) is 7.48. The molecule has 20 heavy (non-hydrogen) atoms. The number of benzene rings is 2. The fraction of sp³-hybridized carbons (Fsp3) is 0.176. The third-order valence-corrected chi connectivity index (χ3v) is 4.52. The fourth-order valence-corrected chi connectivity index (χ4v) is 3.24. The standard InChI is InChI=1S/C17H17NOS/c1-12-14(9-15(10-18)20-12)11-19-17-8-4-6-13-5-2-3-7-16(13)17/h2-9H,10-11,18H2,1H3. The maximum absolute atomic E-state index is 6.01. The maximum Gasteiger partial charge on any atom is 0.127 e. The molecular formula is C17H17NOS. The maximum atomic E-state index is 6.01. The molecule has 0 saturated heterocycles. The Hall–Kier alpha value is -1.84. The molecule has 1 heterocycles. The van der Waals surface area contributed by atoms with Crippen molar-refractivity contribution in [2.24, 2.45) is 5.73 Å². The van der Waals surface area contributed by atoms with Gasteiger partial charge in [-0.25, -0.2) is 0 Å². The van der Waals surface area contributed by atoms with Gasteiger partial charge in [-0.3, -0.25) is 0 Å². The van der Waals surface area contributed by atoms with Gasteiger partial charge in [0, 0.05) is 27.2 Å². The molecule has 2 nitrogen and oxygen atoms in total. The SMILES string of the molecule is Cc1sc(CN)cc1COc1cccc2ccccc12. The second-order valence-corrected chi connectivity index (χ2v) is 6.11. The molecule has 0 amide bonds. The van der Waals surface area contributed by atoms with Gasteiger partial charge in [0.2, 0.25) is 0 Å². The normalized spacial score (nSPS) is 10.9. The number of rotatable bonds is 4. The highest BCUT2D eigenvalue weighted by atomic mass is 32.1. The van der Waals surface area contributed by atoms with Crippen LogP contribution in [0.4, 0.5) is 0 Å². The van der Waals surface area contributed by atoms with Crippen LogP contribution in [0.1, 0.15) is 15.3 Å². The first kappa shape index (κ1) is 13.2. The lowest BCUT2D eigenvalue weighted by Crippen LogP contribution is -1.96. The Morgan fingerprint density at radius 2 is 1.90 bits per heavy atom. The van der Waals surface area contributed by atoms with Crippen molar-refractivity contribution in [1.82, 2.24) is 0 Å². The summed E-state index contributed by atoms with van der Waals surface area (Å²) in [5, 5.41) is 2.36. The van der Waals surface area contributed by atoms with Crippen molar-refractivity contribution >= 4 is 22.1 Å². The lowest BCUT2D eigenvalue weighted by molar-refractivity contribution is 0.310. The summed E-state index contributed by atoms with van der Waals surface area (Å²) in [4.78, 5) is 2.49. The summed E-state index contributed by atoms with van der Waals surface area (Å²) in [6, 6.07) is 16.6. The summed E-state index contributed by atoms with van der Waals surface area (Å²) in [5.74, 6) is 0.933. The van der Waals surface area contributed by atoms with Gasteiger partial charge in [0.05, 0.1) is 0 Å². The molecule has 0 aliphatic heterocycles. The quantitative estimate of drug-likeness (QED) is 0.777. The molecule has 0 spiro atoms. The van der Waals surface area contributed by atoms with Crippen molar-refractivity contribution in [3.05, 3.63) is 63.8 Å². The minimum atomic E-state index is 0.594. The summed E-state index contributed by atoms with van der Waals surface area (Å²) >= 11 is 1.75. The van der Waals surface area contributed by atoms with E-state index in [-0.39, 0.29) is 0 Å². The highest BCUT2D eigenvalue weighted by Crippen LogP contribution is 2.27. The van der Waals surface area contributed by atoms with Crippen molar-refractivity contribution in [1.29, 1.82) is 0 Å². The first-order valence-electron chi connectivity index (χ1n) is 6.67. The molecule has 2 N–H and O–H groups in total. The molecule has 3 heteroatoms. The van der Waals surface area contributed by atoms with Crippen molar-refractivity contribution in [2.45, 2.75) is 20.1 Å². The molecule has 0 fully saturated rings. The molecule has 0 atom stereocenters. The van der Waals surface area contributed by atoms with E-state index in [4.69, 9.17) is 10.5 Å². The van der Waals surface area contributed by atoms with Gasteiger partial charge in [-0.15, -0.1) is 11.3 Å². The van der Waals surface area contributed by atoms with Crippen LogP contribution in [0.15, 0.2) is 48.5 Å². The molecule has 0 aliphatic carbocycles. The van der Waals surface area contributed by atoms with Crippen molar-refractivity contribution in [2.75, 3.05) is 0 Å². The zero-order chi connectivity index (χ0) is 13.9. The molecule has 0 bridgehead atoms. The van der Waals surface area contributed by atoms with E-state index < -0.39 is 0 Å². The molecule has 1 aromatic heterocycles. The van der Waals surface area contributed by atoms with Crippen LogP contribution in [-0.2, 0) is 13.2 Å². The second kappa shape index (κ2) is 5.65. The topological polar surface area (TPSA) is 35.2 Å². The largest absolute Gasteiger partial charge is 0.488 e. The van der Waals surface area contributed by atoms with Crippen LogP contribution in [0.25, 0.3) is 10.8 Å². The van der Waals surface area contributed by atoms with E-state index in [1.807, 2.05) is 24.3 Å². The van der Waals surface area contributed by atoms with Crippen LogP contribution in [0.3, 0.4) is 0 Å². The van der Waals surface area contributed by atoms with Gasteiger partial charge in [0.25, 0.3) is 0 Å². The van der Waals surface area contributed by atoms with E-state index in [0.29, 0.717) is 13.2 Å². The Labute approximate surface area is 122 Å². The molecular weight excluding hydrogens is 266 g/mol. The van der Waals surface area contributed by atoms with E-state index in [2.05, 4.69) is 31.2 Å². The summed E-state index contributed by atoms with van der Waals surface area (Å²) in [5.41, 5.74) is 6.91. The van der Waals surface area contributed by atoms with Gasteiger partial charge in [-0.05, 0) is 24.4 Å². The number of fused-ring (bicyclic) bond motifs is 1. The first-order chi connectivity index (χ1) is 9.78. The van der Waals surface area contributed by atoms with Crippen LogP contribution < -0.4 is 10.5 Å². The average Bonchev–Trinajstić information content (AvgIpc) is 2.85. The monoisotopic (exact) mass is 283 g/mol. The smallest absolute Gasteiger partial charge is 0.127 e. The number of nitrogens with two attached hydrogens (primary N) is 1. The zero-order valence-electron chi connectivity index (χ0n) is 11.4. The van der Waals surface area contributed by atoms with Gasteiger partial charge >= 0.3 is 0 Å². The summed E-state index contributed by atoms with van der Waals surface area (Å²) < 4.78 is 6.01. The average molecular weight is 283 g/mol. The summed E-state index contributed by atoms with van der Waals surface area (Å²) in [6.45, 7) is 3.31. The van der Waals surface area contributed by atoms with Gasteiger partial charge in [-0.1, -0.05) is 36.4 Å². The van der Waals surface area contributed by atoms with Gasteiger partial charge in [0.1, 0.15) is 12.4 Å². The van der Waals surface area contributed by atoms with Gasteiger partial charge in [0.15, 0.2) is 0 Å². The van der Waals surface area contributed by atoms with Crippen molar-refractivity contribution in [3.63, 3.8) is 0 Å². The number of thiophene rings is 1. The minimum absolute atomic E-state index is 0.594. The highest BCUT2D eigenvalue weighted by Gasteiger charge is 2.07. The number of hydrogen-bond acceptors (Lipinski definition) is 3. The Balaban J connectivity index is 1.85.